The number of halogens is 2. The zero-order valence-corrected chi connectivity index (χ0v) is 15.7. The molecule has 0 aliphatic rings. The third-order valence-corrected chi connectivity index (χ3v) is 4.75. The van der Waals surface area contributed by atoms with Gasteiger partial charge in [0.1, 0.15) is 5.56 Å². The number of pyridine rings is 2. The summed E-state index contributed by atoms with van der Waals surface area (Å²) in [5, 5.41) is 0.173. The minimum Gasteiger partial charge on any atom is -0.462 e. The highest BCUT2D eigenvalue weighted by Crippen LogP contribution is 2.29. The lowest BCUT2D eigenvalue weighted by Crippen LogP contribution is -2.23. The fourth-order valence-corrected chi connectivity index (χ4v) is 3.63. The Labute approximate surface area is 158 Å². The lowest BCUT2D eigenvalue weighted by atomic mass is 10.1. The number of ether oxygens (including phenoxy) is 1. The van der Waals surface area contributed by atoms with Gasteiger partial charge in [-0.25, -0.2) is 13.6 Å². The van der Waals surface area contributed by atoms with E-state index in [0.29, 0.717) is 11.4 Å². The molecule has 0 aliphatic heterocycles. The van der Waals surface area contributed by atoms with Gasteiger partial charge in [0.15, 0.2) is 11.6 Å². The largest absolute Gasteiger partial charge is 0.462 e. The van der Waals surface area contributed by atoms with Gasteiger partial charge in [-0.2, -0.15) is 0 Å². The van der Waals surface area contributed by atoms with Crippen molar-refractivity contribution in [1.29, 1.82) is 0 Å². The molecule has 2 aromatic heterocycles. The molecular weight excluding hydrogens is 374 g/mol. The first-order valence-electron chi connectivity index (χ1n) is 8.11. The highest BCUT2D eigenvalue weighted by Gasteiger charge is 2.25. The first-order chi connectivity index (χ1) is 12.9. The van der Waals surface area contributed by atoms with E-state index >= 15 is 0 Å². The number of carbonyl (C=O) groups excluding carboxylic acids is 1. The van der Waals surface area contributed by atoms with Gasteiger partial charge in [0, 0.05) is 18.0 Å². The number of nitrogens with zero attached hydrogens (tertiary/aromatic N) is 2. The highest BCUT2D eigenvalue weighted by atomic mass is 32.2. The van der Waals surface area contributed by atoms with E-state index in [1.807, 2.05) is 0 Å². The van der Waals surface area contributed by atoms with Crippen LogP contribution in [0.2, 0.25) is 0 Å². The molecular formula is C19H16F2N2O3S. The maximum absolute atomic E-state index is 14.0. The molecule has 8 heteroatoms. The smallest absolute Gasteiger partial charge is 0.344 e. The maximum atomic E-state index is 14.0. The molecule has 0 saturated carbocycles. The Morgan fingerprint density at radius 2 is 1.96 bits per heavy atom. The third-order valence-electron chi connectivity index (χ3n) is 3.98. The van der Waals surface area contributed by atoms with Crippen LogP contribution < -0.4 is 5.43 Å². The van der Waals surface area contributed by atoms with Crippen LogP contribution in [0.5, 0.6) is 0 Å². The summed E-state index contributed by atoms with van der Waals surface area (Å²) in [4.78, 5) is 29.5. The lowest BCUT2D eigenvalue weighted by Gasteiger charge is -2.19. The van der Waals surface area contributed by atoms with Crippen molar-refractivity contribution in [3.8, 4) is 5.69 Å². The van der Waals surface area contributed by atoms with Gasteiger partial charge < -0.3 is 9.30 Å². The van der Waals surface area contributed by atoms with Gasteiger partial charge in [-0.3, -0.25) is 9.78 Å². The molecule has 0 fully saturated rings. The molecule has 0 aliphatic carbocycles. The molecule has 140 valence electrons. The number of esters is 1. The third kappa shape index (κ3) is 3.32. The van der Waals surface area contributed by atoms with Crippen LogP contribution in [0.4, 0.5) is 8.78 Å². The molecule has 0 amide bonds. The fraction of sp³-hybridized carbons (Fsp3) is 0.211. The normalized spacial score (nSPS) is 11.0. The van der Waals surface area contributed by atoms with E-state index in [1.54, 1.807) is 43.0 Å². The van der Waals surface area contributed by atoms with Gasteiger partial charge in [0.2, 0.25) is 5.43 Å². The average molecular weight is 390 g/mol. The lowest BCUT2D eigenvalue weighted by molar-refractivity contribution is 0.0519. The van der Waals surface area contributed by atoms with E-state index in [1.165, 1.54) is 0 Å². The molecule has 27 heavy (non-hydrogen) atoms. The maximum Gasteiger partial charge on any atom is 0.344 e. The molecule has 3 rings (SSSR count). The van der Waals surface area contributed by atoms with E-state index in [-0.39, 0.29) is 28.1 Å². The zero-order valence-electron chi connectivity index (χ0n) is 14.9. The van der Waals surface area contributed by atoms with Crippen molar-refractivity contribution < 1.29 is 18.3 Å². The number of fused-ring (bicyclic) bond motifs is 1. The Bertz CT molecular complexity index is 1110. The van der Waals surface area contributed by atoms with Gasteiger partial charge in [0.25, 0.3) is 0 Å². The van der Waals surface area contributed by atoms with Crippen molar-refractivity contribution in [1.82, 2.24) is 9.55 Å². The second-order valence-electron chi connectivity index (χ2n) is 5.71. The number of carbonyl (C=O) groups is 1. The number of aromatic nitrogens is 2. The predicted molar refractivity (Wildman–Crippen MR) is 99.7 cm³/mol. The summed E-state index contributed by atoms with van der Waals surface area (Å²) in [5.74, 6) is -3.06. The van der Waals surface area contributed by atoms with Crippen molar-refractivity contribution in [2.24, 2.45) is 0 Å². The van der Waals surface area contributed by atoms with Crippen molar-refractivity contribution in [3.63, 3.8) is 0 Å². The van der Waals surface area contributed by atoms with Gasteiger partial charge in [-0.1, -0.05) is 0 Å². The number of hydrogen-bond donors (Lipinski definition) is 0. The quantitative estimate of drug-likeness (QED) is 0.500. The number of thioether (sulfide) groups is 1. The van der Waals surface area contributed by atoms with Crippen LogP contribution in [-0.2, 0) is 4.74 Å². The van der Waals surface area contributed by atoms with E-state index in [0.717, 1.165) is 23.9 Å². The fourth-order valence-electron chi connectivity index (χ4n) is 2.86. The molecule has 2 heterocycles. The first-order valence-corrected chi connectivity index (χ1v) is 9.33. The van der Waals surface area contributed by atoms with E-state index in [2.05, 4.69) is 4.98 Å². The monoisotopic (exact) mass is 390 g/mol. The van der Waals surface area contributed by atoms with Crippen molar-refractivity contribution in [2.45, 2.75) is 18.9 Å². The minimum atomic E-state index is -1.16. The number of benzene rings is 1. The van der Waals surface area contributed by atoms with Crippen molar-refractivity contribution in [3.05, 3.63) is 63.6 Å². The van der Waals surface area contributed by atoms with Crippen LogP contribution in [0, 0.1) is 18.6 Å². The molecule has 5 nitrogen and oxygen atoms in total. The van der Waals surface area contributed by atoms with Gasteiger partial charge in [0.05, 0.1) is 28.2 Å². The molecule has 0 atom stereocenters. The number of hydrogen-bond acceptors (Lipinski definition) is 5. The van der Waals surface area contributed by atoms with Gasteiger partial charge in [-0.05, 0) is 38.3 Å². The Morgan fingerprint density at radius 3 is 2.59 bits per heavy atom. The molecule has 3 aromatic rings. The van der Waals surface area contributed by atoms with E-state index in [4.69, 9.17) is 4.74 Å². The van der Waals surface area contributed by atoms with Crippen LogP contribution in [-0.4, -0.2) is 28.4 Å². The first kappa shape index (κ1) is 19.0. The Morgan fingerprint density at radius 1 is 1.26 bits per heavy atom. The summed E-state index contributed by atoms with van der Waals surface area (Å²) in [6.07, 6.45) is 3.25. The summed E-state index contributed by atoms with van der Waals surface area (Å²) in [7, 11) is 0. The average Bonchev–Trinajstić information content (AvgIpc) is 2.63. The van der Waals surface area contributed by atoms with Crippen LogP contribution >= 0.6 is 11.8 Å². The molecule has 0 radical (unpaired) electrons. The minimum absolute atomic E-state index is 0.0796. The molecule has 0 N–H and O–H groups in total. The van der Waals surface area contributed by atoms with E-state index in [9.17, 15) is 18.4 Å². The van der Waals surface area contributed by atoms with Crippen LogP contribution in [0.15, 0.2) is 40.3 Å². The zero-order chi connectivity index (χ0) is 19.7. The van der Waals surface area contributed by atoms with Crippen LogP contribution in [0.3, 0.4) is 0 Å². The summed E-state index contributed by atoms with van der Waals surface area (Å²) >= 11 is 1.14. The molecule has 0 saturated heterocycles. The Balaban J connectivity index is 2.54. The predicted octanol–water partition coefficient (Wildman–Crippen LogP) is 3.87. The summed E-state index contributed by atoms with van der Waals surface area (Å²) < 4.78 is 34.4. The summed E-state index contributed by atoms with van der Waals surface area (Å²) in [5.41, 5.74) is 0.494. The molecule has 1 aromatic carbocycles. The van der Waals surface area contributed by atoms with Crippen LogP contribution in [0.1, 0.15) is 23.0 Å². The number of aryl methyl sites for hydroxylation is 1. The standard InChI is InChI=1S/C19H16F2N2O3S/c1-4-26-19(25)16-17(24)12-8-13(20)14(21)9-15(12)23(18(16)27-3)11-5-6-22-10(2)7-11/h5-9H,4H2,1-3H3. The Kier molecular flexibility index (Phi) is 5.27. The number of rotatable bonds is 4. The van der Waals surface area contributed by atoms with Crippen molar-refractivity contribution >= 4 is 28.6 Å². The second kappa shape index (κ2) is 7.48. The summed E-state index contributed by atoms with van der Waals surface area (Å²) in [6, 6.07) is 5.15. The molecule has 0 unspecified atom stereocenters. The highest BCUT2D eigenvalue weighted by molar-refractivity contribution is 7.98. The van der Waals surface area contributed by atoms with Crippen molar-refractivity contribution in [2.75, 3.05) is 12.9 Å². The van der Waals surface area contributed by atoms with Gasteiger partial charge in [-0.15, -0.1) is 11.8 Å². The summed E-state index contributed by atoms with van der Waals surface area (Å²) in [6.45, 7) is 3.48. The topological polar surface area (TPSA) is 61.2 Å². The van der Waals surface area contributed by atoms with E-state index < -0.39 is 23.0 Å². The SMILES string of the molecule is CCOC(=O)c1c(SC)n(-c2ccnc(C)c2)c2cc(F)c(F)cc2c1=O. The second-order valence-corrected chi connectivity index (χ2v) is 6.50. The molecule has 0 spiro atoms. The molecule has 0 bridgehead atoms. The van der Waals surface area contributed by atoms with Gasteiger partial charge >= 0.3 is 5.97 Å². The van der Waals surface area contributed by atoms with Crippen LogP contribution in [0.25, 0.3) is 16.6 Å². The Hall–Kier alpha value is -2.74.